The number of nitrogens with zero attached hydrogens (tertiary/aromatic N) is 1. The van der Waals surface area contributed by atoms with Gasteiger partial charge in [0.25, 0.3) is 5.91 Å². The molecule has 0 saturated carbocycles. The quantitative estimate of drug-likeness (QED) is 0.696. The molecule has 3 N–H and O–H groups in total. The van der Waals surface area contributed by atoms with Gasteiger partial charge in [-0.05, 0) is 42.5 Å². The van der Waals surface area contributed by atoms with Crippen LogP contribution in [0.4, 0.5) is 11.4 Å². The number of amides is 1. The largest absolute Gasteiger partial charge is 0.398 e. The van der Waals surface area contributed by atoms with Crippen molar-refractivity contribution >= 4 is 44.1 Å². The highest BCUT2D eigenvalue weighted by Gasteiger charge is 2.10. The van der Waals surface area contributed by atoms with Crippen LogP contribution in [0.1, 0.15) is 10.4 Å². The van der Waals surface area contributed by atoms with E-state index in [9.17, 15) is 4.79 Å². The van der Waals surface area contributed by atoms with E-state index in [2.05, 4.69) is 26.2 Å². The lowest BCUT2D eigenvalue weighted by Crippen LogP contribution is -2.13. The molecule has 1 aromatic heterocycles. The number of carbonyl (C=O) groups excluding carboxylic acids is 1. The minimum absolute atomic E-state index is 0.233. The van der Waals surface area contributed by atoms with E-state index < -0.39 is 0 Å². The summed E-state index contributed by atoms with van der Waals surface area (Å²) in [7, 11) is 0. The van der Waals surface area contributed by atoms with E-state index in [-0.39, 0.29) is 5.91 Å². The standard InChI is InChI=1S/C16H12BrN3O/c17-11-3-5-13(14(18)9-11)16(21)20-12-4-6-15-10(8-12)2-1-7-19-15/h1-9H,18H2,(H,20,21). The summed E-state index contributed by atoms with van der Waals surface area (Å²) in [6.07, 6.45) is 1.74. The summed E-state index contributed by atoms with van der Waals surface area (Å²) in [6.45, 7) is 0. The molecule has 0 aliphatic carbocycles. The van der Waals surface area contributed by atoms with Crippen LogP contribution in [0.5, 0.6) is 0 Å². The number of fused-ring (bicyclic) bond motifs is 1. The van der Waals surface area contributed by atoms with E-state index in [4.69, 9.17) is 5.73 Å². The molecule has 0 atom stereocenters. The fourth-order valence-corrected chi connectivity index (χ4v) is 2.47. The van der Waals surface area contributed by atoms with Gasteiger partial charge < -0.3 is 11.1 Å². The zero-order valence-corrected chi connectivity index (χ0v) is 12.6. The molecule has 0 unspecified atom stereocenters. The lowest BCUT2D eigenvalue weighted by Gasteiger charge is -2.08. The number of pyridine rings is 1. The smallest absolute Gasteiger partial charge is 0.257 e. The van der Waals surface area contributed by atoms with Gasteiger partial charge in [-0.3, -0.25) is 9.78 Å². The van der Waals surface area contributed by atoms with E-state index in [1.165, 1.54) is 0 Å². The van der Waals surface area contributed by atoms with Gasteiger partial charge in [0.15, 0.2) is 0 Å². The average Bonchev–Trinajstić information content (AvgIpc) is 2.47. The lowest BCUT2D eigenvalue weighted by atomic mass is 10.1. The highest BCUT2D eigenvalue weighted by atomic mass is 79.9. The van der Waals surface area contributed by atoms with Crippen LogP contribution in [0, 0.1) is 0 Å². The van der Waals surface area contributed by atoms with Gasteiger partial charge in [-0.2, -0.15) is 0 Å². The van der Waals surface area contributed by atoms with E-state index in [0.717, 1.165) is 15.4 Å². The third kappa shape index (κ3) is 2.87. The van der Waals surface area contributed by atoms with Crippen molar-refractivity contribution in [2.45, 2.75) is 0 Å². The summed E-state index contributed by atoms with van der Waals surface area (Å²) in [4.78, 5) is 16.5. The third-order valence-electron chi connectivity index (χ3n) is 3.12. The molecule has 21 heavy (non-hydrogen) atoms. The zero-order chi connectivity index (χ0) is 14.8. The van der Waals surface area contributed by atoms with Gasteiger partial charge in [-0.25, -0.2) is 0 Å². The summed E-state index contributed by atoms with van der Waals surface area (Å²) in [5.74, 6) is -0.233. The Morgan fingerprint density at radius 3 is 2.81 bits per heavy atom. The van der Waals surface area contributed by atoms with E-state index >= 15 is 0 Å². The summed E-state index contributed by atoms with van der Waals surface area (Å²) < 4.78 is 0.841. The summed E-state index contributed by atoms with van der Waals surface area (Å²) in [5.41, 5.74) is 8.35. The molecule has 0 spiro atoms. The second-order valence-corrected chi connectivity index (χ2v) is 5.51. The number of nitrogens with two attached hydrogens (primary N) is 1. The minimum Gasteiger partial charge on any atom is -0.398 e. The minimum atomic E-state index is -0.233. The Kier molecular flexibility index (Phi) is 3.58. The molecule has 5 heteroatoms. The second kappa shape index (κ2) is 5.54. The number of carbonyl (C=O) groups is 1. The normalized spacial score (nSPS) is 10.5. The van der Waals surface area contributed by atoms with Crippen LogP contribution in [0.2, 0.25) is 0 Å². The molecule has 104 valence electrons. The molecule has 0 aliphatic heterocycles. The van der Waals surface area contributed by atoms with E-state index in [1.807, 2.05) is 30.3 Å². The van der Waals surface area contributed by atoms with Gasteiger partial charge in [0.05, 0.1) is 11.1 Å². The zero-order valence-electron chi connectivity index (χ0n) is 11.0. The lowest BCUT2D eigenvalue weighted by molar-refractivity contribution is 0.102. The van der Waals surface area contributed by atoms with Gasteiger partial charge in [-0.15, -0.1) is 0 Å². The molecule has 1 amide bonds. The van der Waals surface area contributed by atoms with Crippen molar-refractivity contribution < 1.29 is 4.79 Å². The van der Waals surface area contributed by atoms with Gasteiger partial charge in [0, 0.05) is 27.4 Å². The van der Waals surface area contributed by atoms with Crippen LogP contribution in [0.25, 0.3) is 10.9 Å². The molecule has 1 heterocycles. The molecule has 2 aromatic carbocycles. The SMILES string of the molecule is Nc1cc(Br)ccc1C(=O)Nc1ccc2ncccc2c1. The molecule has 3 aromatic rings. The fraction of sp³-hybridized carbons (Fsp3) is 0. The maximum atomic E-state index is 12.3. The van der Waals surface area contributed by atoms with Crippen molar-refractivity contribution in [3.05, 3.63) is 64.8 Å². The maximum absolute atomic E-state index is 12.3. The van der Waals surface area contributed by atoms with Crippen molar-refractivity contribution in [1.82, 2.24) is 4.98 Å². The highest BCUT2D eigenvalue weighted by molar-refractivity contribution is 9.10. The molecule has 0 aliphatic rings. The van der Waals surface area contributed by atoms with Gasteiger partial charge >= 0.3 is 0 Å². The molecule has 4 nitrogen and oxygen atoms in total. The number of nitrogens with one attached hydrogen (secondary N) is 1. The molecule has 0 saturated heterocycles. The second-order valence-electron chi connectivity index (χ2n) is 4.60. The first-order chi connectivity index (χ1) is 10.1. The number of halogens is 1. The van der Waals surface area contributed by atoms with E-state index in [1.54, 1.807) is 24.4 Å². The number of hydrogen-bond acceptors (Lipinski definition) is 3. The van der Waals surface area contributed by atoms with Crippen molar-refractivity contribution in [3.63, 3.8) is 0 Å². The van der Waals surface area contributed by atoms with Gasteiger partial charge in [0.1, 0.15) is 0 Å². The summed E-state index contributed by atoms with van der Waals surface area (Å²) in [5, 5.41) is 3.82. The number of hydrogen-bond donors (Lipinski definition) is 2. The van der Waals surface area contributed by atoms with Crippen molar-refractivity contribution in [1.29, 1.82) is 0 Å². The Morgan fingerprint density at radius 1 is 1.14 bits per heavy atom. The first kappa shape index (κ1) is 13.6. The van der Waals surface area contributed by atoms with Crippen LogP contribution < -0.4 is 11.1 Å². The number of anilines is 2. The number of benzene rings is 2. The molecule has 3 rings (SSSR count). The molecule has 0 fully saturated rings. The van der Waals surface area contributed by atoms with Crippen LogP contribution >= 0.6 is 15.9 Å². The van der Waals surface area contributed by atoms with Crippen LogP contribution in [-0.2, 0) is 0 Å². The van der Waals surface area contributed by atoms with Crippen molar-refractivity contribution in [3.8, 4) is 0 Å². The average molecular weight is 342 g/mol. The van der Waals surface area contributed by atoms with Gasteiger partial charge in [-0.1, -0.05) is 22.0 Å². The predicted octanol–water partition coefficient (Wildman–Crippen LogP) is 3.83. The molecule has 0 radical (unpaired) electrons. The Labute approximate surface area is 130 Å². The van der Waals surface area contributed by atoms with Gasteiger partial charge in [0.2, 0.25) is 0 Å². The predicted molar refractivity (Wildman–Crippen MR) is 88.3 cm³/mol. The van der Waals surface area contributed by atoms with E-state index in [0.29, 0.717) is 16.9 Å². The van der Waals surface area contributed by atoms with Crippen molar-refractivity contribution in [2.75, 3.05) is 11.1 Å². The topological polar surface area (TPSA) is 68.0 Å². The Hall–Kier alpha value is -2.40. The monoisotopic (exact) mass is 341 g/mol. The molecule has 0 bridgehead atoms. The fourth-order valence-electron chi connectivity index (χ4n) is 2.09. The molecular weight excluding hydrogens is 330 g/mol. The number of aromatic nitrogens is 1. The van der Waals surface area contributed by atoms with Crippen LogP contribution in [0.3, 0.4) is 0 Å². The third-order valence-corrected chi connectivity index (χ3v) is 3.61. The number of rotatable bonds is 2. The Morgan fingerprint density at radius 2 is 2.00 bits per heavy atom. The first-order valence-corrected chi connectivity index (χ1v) is 7.14. The highest BCUT2D eigenvalue weighted by Crippen LogP contribution is 2.21. The molecular formula is C16H12BrN3O. The maximum Gasteiger partial charge on any atom is 0.257 e. The van der Waals surface area contributed by atoms with Crippen LogP contribution in [0.15, 0.2) is 59.2 Å². The van der Waals surface area contributed by atoms with Crippen LogP contribution in [-0.4, -0.2) is 10.9 Å². The van der Waals surface area contributed by atoms with Crippen molar-refractivity contribution in [2.24, 2.45) is 0 Å². The Balaban J connectivity index is 1.89. The summed E-state index contributed by atoms with van der Waals surface area (Å²) in [6, 6.07) is 14.6. The number of nitrogen functional groups attached to an aromatic ring is 1. The summed E-state index contributed by atoms with van der Waals surface area (Å²) >= 11 is 3.32. The Bertz CT molecular complexity index is 833. The first-order valence-electron chi connectivity index (χ1n) is 6.34.